The summed E-state index contributed by atoms with van der Waals surface area (Å²) in [5.74, 6) is 2.02. The number of hydrogen-bond donors (Lipinski definition) is 2. The highest BCUT2D eigenvalue weighted by atomic mass is 16.6. The van der Waals surface area contributed by atoms with E-state index in [0.29, 0.717) is 36.9 Å². The van der Waals surface area contributed by atoms with E-state index < -0.39 is 0 Å². The molecule has 2 atom stereocenters. The highest BCUT2D eigenvalue weighted by Gasteiger charge is 2.32. The molecule has 0 aliphatic carbocycles. The molecule has 0 radical (unpaired) electrons. The van der Waals surface area contributed by atoms with Crippen LogP contribution in [-0.4, -0.2) is 50.9 Å². The molecular formula is C21H23N3O5. The van der Waals surface area contributed by atoms with Crippen LogP contribution in [0.5, 0.6) is 17.2 Å². The summed E-state index contributed by atoms with van der Waals surface area (Å²) in [5.41, 5.74) is 0.755. The van der Waals surface area contributed by atoms with Gasteiger partial charge in [-0.25, -0.2) is 4.79 Å². The Morgan fingerprint density at radius 1 is 1.21 bits per heavy atom. The van der Waals surface area contributed by atoms with Crippen LogP contribution < -0.4 is 29.7 Å². The maximum atomic E-state index is 12.4. The summed E-state index contributed by atoms with van der Waals surface area (Å²) in [6.45, 7) is 1.08. The first kappa shape index (κ1) is 18.9. The van der Waals surface area contributed by atoms with E-state index in [1.54, 1.807) is 18.1 Å². The molecule has 0 unspecified atom stereocenters. The van der Waals surface area contributed by atoms with Crippen LogP contribution in [0.1, 0.15) is 6.42 Å². The van der Waals surface area contributed by atoms with Gasteiger partial charge in [-0.2, -0.15) is 0 Å². The van der Waals surface area contributed by atoms with Crippen LogP contribution in [0.25, 0.3) is 0 Å². The molecule has 2 aliphatic rings. The Morgan fingerprint density at radius 2 is 2.03 bits per heavy atom. The number of amides is 3. The topological polar surface area (TPSA) is 89.1 Å². The van der Waals surface area contributed by atoms with Gasteiger partial charge in [0.1, 0.15) is 12.4 Å². The Bertz CT molecular complexity index is 903. The third-order valence-corrected chi connectivity index (χ3v) is 4.88. The number of fused-ring (bicyclic) bond motifs is 1. The van der Waals surface area contributed by atoms with Crippen LogP contribution in [0.4, 0.5) is 10.5 Å². The Labute approximate surface area is 168 Å². The lowest BCUT2D eigenvalue weighted by atomic mass is 10.2. The number of rotatable bonds is 5. The van der Waals surface area contributed by atoms with Crippen LogP contribution in [0.2, 0.25) is 0 Å². The number of benzene rings is 2. The third-order valence-electron chi connectivity index (χ3n) is 4.88. The lowest BCUT2D eigenvalue weighted by Gasteiger charge is -2.26. The van der Waals surface area contributed by atoms with Crippen LogP contribution >= 0.6 is 0 Å². The number of nitrogens with one attached hydrogen (secondary N) is 2. The average molecular weight is 397 g/mol. The van der Waals surface area contributed by atoms with Gasteiger partial charge in [0.05, 0.1) is 19.7 Å². The van der Waals surface area contributed by atoms with Crippen LogP contribution in [0.3, 0.4) is 0 Å². The molecule has 3 amide bonds. The number of urea groups is 1. The molecule has 4 rings (SSSR count). The zero-order valence-corrected chi connectivity index (χ0v) is 16.1. The first-order valence-electron chi connectivity index (χ1n) is 9.49. The van der Waals surface area contributed by atoms with Crippen molar-refractivity contribution in [3.63, 3.8) is 0 Å². The van der Waals surface area contributed by atoms with E-state index >= 15 is 0 Å². The SMILES string of the molecule is COc1cccc(N2C[C@H](NC(=O)NC[C@H]3COc4ccccc4O3)CC2=O)c1. The van der Waals surface area contributed by atoms with Gasteiger partial charge in [-0.3, -0.25) is 4.79 Å². The fourth-order valence-corrected chi connectivity index (χ4v) is 3.44. The van der Waals surface area contributed by atoms with Crippen molar-refractivity contribution in [2.45, 2.75) is 18.6 Å². The molecule has 2 heterocycles. The molecule has 8 heteroatoms. The minimum atomic E-state index is -0.335. The molecule has 2 aliphatic heterocycles. The first-order chi connectivity index (χ1) is 14.1. The number of nitrogens with zero attached hydrogens (tertiary/aromatic N) is 1. The first-order valence-corrected chi connectivity index (χ1v) is 9.49. The van der Waals surface area contributed by atoms with E-state index in [1.165, 1.54) is 0 Å². The number of carbonyl (C=O) groups excluding carboxylic acids is 2. The Morgan fingerprint density at radius 3 is 2.86 bits per heavy atom. The van der Waals surface area contributed by atoms with E-state index in [2.05, 4.69) is 10.6 Å². The van der Waals surface area contributed by atoms with Gasteiger partial charge < -0.3 is 29.7 Å². The normalized spacial score (nSPS) is 20.3. The van der Waals surface area contributed by atoms with Crippen molar-refractivity contribution < 1.29 is 23.8 Å². The van der Waals surface area contributed by atoms with E-state index in [-0.39, 0.29) is 30.5 Å². The van der Waals surface area contributed by atoms with Gasteiger partial charge in [-0.15, -0.1) is 0 Å². The van der Waals surface area contributed by atoms with E-state index in [0.717, 1.165) is 5.69 Å². The fraction of sp³-hybridized carbons (Fsp3) is 0.333. The molecule has 29 heavy (non-hydrogen) atoms. The highest BCUT2D eigenvalue weighted by Crippen LogP contribution is 2.30. The smallest absolute Gasteiger partial charge is 0.315 e. The van der Waals surface area contributed by atoms with Gasteiger partial charge >= 0.3 is 6.03 Å². The largest absolute Gasteiger partial charge is 0.497 e. The van der Waals surface area contributed by atoms with E-state index in [4.69, 9.17) is 14.2 Å². The van der Waals surface area contributed by atoms with Crippen molar-refractivity contribution in [1.29, 1.82) is 0 Å². The Balaban J connectivity index is 1.27. The molecule has 0 spiro atoms. The number of anilines is 1. The monoisotopic (exact) mass is 397 g/mol. The van der Waals surface area contributed by atoms with Gasteiger partial charge in [-0.05, 0) is 24.3 Å². The minimum Gasteiger partial charge on any atom is -0.497 e. The van der Waals surface area contributed by atoms with E-state index in [9.17, 15) is 9.59 Å². The van der Waals surface area contributed by atoms with Gasteiger partial charge in [0.25, 0.3) is 0 Å². The molecule has 1 saturated heterocycles. The maximum absolute atomic E-state index is 12.4. The van der Waals surface area contributed by atoms with Crippen molar-refractivity contribution in [3.8, 4) is 17.2 Å². The van der Waals surface area contributed by atoms with Crippen molar-refractivity contribution >= 4 is 17.6 Å². The summed E-state index contributed by atoms with van der Waals surface area (Å²) in [6.07, 6.45) is -0.0183. The zero-order valence-electron chi connectivity index (χ0n) is 16.1. The molecule has 1 fully saturated rings. The predicted octanol–water partition coefficient (Wildman–Crippen LogP) is 1.94. The minimum absolute atomic E-state index is 0.0378. The molecule has 0 saturated carbocycles. The van der Waals surface area contributed by atoms with Crippen molar-refractivity contribution in [2.75, 3.05) is 31.7 Å². The van der Waals surface area contributed by atoms with E-state index in [1.807, 2.05) is 42.5 Å². The second kappa shape index (κ2) is 8.30. The van der Waals surface area contributed by atoms with Crippen molar-refractivity contribution in [2.24, 2.45) is 0 Å². The molecule has 152 valence electrons. The predicted molar refractivity (Wildman–Crippen MR) is 107 cm³/mol. The number of ether oxygens (including phenoxy) is 3. The maximum Gasteiger partial charge on any atom is 0.315 e. The summed E-state index contributed by atoms with van der Waals surface area (Å²) in [4.78, 5) is 26.3. The Kier molecular flexibility index (Phi) is 5.41. The summed E-state index contributed by atoms with van der Waals surface area (Å²) in [6, 6.07) is 14.1. The average Bonchev–Trinajstić information content (AvgIpc) is 3.12. The number of para-hydroxylation sites is 2. The molecule has 0 aromatic heterocycles. The van der Waals surface area contributed by atoms with Gasteiger partial charge in [0.15, 0.2) is 17.6 Å². The molecule has 2 aromatic carbocycles. The van der Waals surface area contributed by atoms with Gasteiger partial charge in [-0.1, -0.05) is 18.2 Å². The Hall–Kier alpha value is -3.42. The second-order valence-electron chi connectivity index (χ2n) is 6.96. The number of hydrogen-bond acceptors (Lipinski definition) is 5. The second-order valence-corrected chi connectivity index (χ2v) is 6.96. The van der Waals surface area contributed by atoms with Crippen LogP contribution in [0, 0.1) is 0 Å². The molecule has 2 N–H and O–H groups in total. The van der Waals surface area contributed by atoms with Gasteiger partial charge in [0.2, 0.25) is 5.91 Å². The van der Waals surface area contributed by atoms with Gasteiger partial charge in [0, 0.05) is 24.7 Å². The fourth-order valence-electron chi connectivity index (χ4n) is 3.44. The lowest BCUT2D eigenvalue weighted by Crippen LogP contribution is -2.47. The third kappa shape index (κ3) is 4.37. The van der Waals surface area contributed by atoms with Crippen molar-refractivity contribution in [3.05, 3.63) is 48.5 Å². The molecular weight excluding hydrogens is 374 g/mol. The molecule has 8 nitrogen and oxygen atoms in total. The zero-order chi connectivity index (χ0) is 20.2. The van der Waals surface area contributed by atoms with Crippen LogP contribution in [0.15, 0.2) is 48.5 Å². The number of carbonyl (C=O) groups is 2. The number of methoxy groups -OCH3 is 1. The standard InChI is InChI=1S/C21H23N3O5/c1-27-16-6-4-5-15(10-16)24-12-14(9-20(24)25)23-21(26)22-11-17-13-28-18-7-2-3-8-19(18)29-17/h2-8,10,14,17H,9,11-13H2,1H3,(H2,22,23,26)/t14-,17+/m1/s1. The summed E-state index contributed by atoms with van der Waals surface area (Å²) < 4.78 is 16.7. The molecule has 2 aromatic rings. The summed E-state index contributed by atoms with van der Waals surface area (Å²) >= 11 is 0. The van der Waals surface area contributed by atoms with Crippen molar-refractivity contribution in [1.82, 2.24) is 10.6 Å². The summed E-state index contributed by atoms with van der Waals surface area (Å²) in [5, 5.41) is 5.65. The lowest BCUT2D eigenvalue weighted by molar-refractivity contribution is -0.117. The highest BCUT2D eigenvalue weighted by molar-refractivity contribution is 5.97. The summed E-state index contributed by atoms with van der Waals surface area (Å²) in [7, 11) is 1.58. The quantitative estimate of drug-likeness (QED) is 0.805. The molecule has 0 bridgehead atoms. The van der Waals surface area contributed by atoms with Crippen LogP contribution in [-0.2, 0) is 4.79 Å².